The number of aromatic nitrogens is 2. The number of nitrogens with zero attached hydrogens (tertiary/aromatic N) is 2. The van der Waals surface area contributed by atoms with Crippen molar-refractivity contribution in [1.29, 1.82) is 0 Å². The lowest BCUT2D eigenvalue weighted by molar-refractivity contribution is 0.0551. The van der Waals surface area contributed by atoms with Crippen LogP contribution in [0.25, 0.3) is 11.4 Å². The van der Waals surface area contributed by atoms with E-state index in [-0.39, 0.29) is 17.7 Å². The minimum Gasteiger partial charge on any atom is -0.334 e. The fraction of sp³-hybridized carbons (Fsp3) is 0.176. The SMILES string of the molecule is CP(=O)(Cc1ccc(-c2noc(C(F)(F)Cl)n2)cc1)Nc1ccc(F)cc1F. The summed E-state index contributed by atoms with van der Waals surface area (Å²) in [5.41, 5.74) is 0.962. The maximum absolute atomic E-state index is 13.7. The molecule has 0 fully saturated rings. The fourth-order valence-electron chi connectivity index (χ4n) is 2.44. The Morgan fingerprint density at radius 1 is 1.18 bits per heavy atom. The third kappa shape index (κ3) is 4.91. The maximum Gasteiger partial charge on any atom is 0.400 e. The molecule has 1 heterocycles. The van der Waals surface area contributed by atoms with Crippen LogP contribution in [0.15, 0.2) is 47.0 Å². The molecule has 1 N–H and O–H groups in total. The summed E-state index contributed by atoms with van der Waals surface area (Å²) < 4.78 is 69.8. The Hall–Kier alpha value is -2.38. The third-order valence-electron chi connectivity index (χ3n) is 3.65. The lowest BCUT2D eigenvalue weighted by atomic mass is 10.1. The molecule has 0 bridgehead atoms. The first kappa shape index (κ1) is 20.4. The molecule has 0 amide bonds. The molecule has 1 atom stereocenters. The molecule has 3 rings (SSSR count). The molecule has 0 saturated heterocycles. The van der Waals surface area contributed by atoms with Gasteiger partial charge in [-0.25, -0.2) is 8.78 Å². The lowest BCUT2D eigenvalue weighted by Crippen LogP contribution is -2.03. The molecule has 11 heteroatoms. The predicted molar refractivity (Wildman–Crippen MR) is 96.7 cm³/mol. The normalized spacial score (nSPS) is 13.9. The van der Waals surface area contributed by atoms with E-state index in [2.05, 4.69) is 19.8 Å². The molecule has 1 unspecified atom stereocenters. The van der Waals surface area contributed by atoms with Gasteiger partial charge in [-0.15, -0.1) is 0 Å². The van der Waals surface area contributed by atoms with Gasteiger partial charge in [0.25, 0.3) is 0 Å². The van der Waals surface area contributed by atoms with E-state index < -0.39 is 30.2 Å². The molecule has 0 aliphatic rings. The van der Waals surface area contributed by atoms with Crippen LogP contribution >= 0.6 is 18.9 Å². The zero-order chi connectivity index (χ0) is 20.5. The van der Waals surface area contributed by atoms with Gasteiger partial charge in [0.2, 0.25) is 5.82 Å². The maximum atomic E-state index is 13.7. The van der Waals surface area contributed by atoms with Gasteiger partial charge in [-0.1, -0.05) is 29.4 Å². The van der Waals surface area contributed by atoms with Gasteiger partial charge in [0, 0.05) is 24.5 Å². The Balaban J connectivity index is 1.72. The summed E-state index contributed by atoms with van der Waals surface area (Å²) in [5, 5.41) is 2.28. The molecule has 0 spiro atoms. The molecule has 0 aliphatic carbocycles. The van der Waals surface area contributed by atoms with Crippen molar-refractivity contribution in [3.05, 3.63) is 65.6 Å². The standard InChI is InChI=1S/C17H13ClF4N3O2P/c1-28(26,25-14-7-6-12(19)8-13(14)20)9-10-2-4-11(5-3-10)15-23-16(27-24-15)17(18,21)22/h2-8H,9H2,1H3,(H,25,26). The second-order valence-corrected chi connectivity index (χ2v) is 9.33. The number of anilines is 1. The van der Waals surface area contributed by atoms with Crippen molar-refractivity contribution >= 4 is 24.6 Å². The average molecular weight is 434 g/mol. The Kier molecular flexibility index (Phi) is 5.50. The molecule has 28 heavy (non-hydrogen) atoms. The fourth-order valence-corrected chi connectivity index (χ4v) is 4.19. The Labute approximate surface area is 162 Å². The Bertz CT molecular complexity index is 1040. The second-order valence-electron chi connectivity index (χ2n) is 6.11. The smallest absolute Gasteiger partial charge is 0.334 e. The van der Waals surface area contributed by atoms with Gasteiger partial charge < -0.3 is 14.2 Å². The van der Waals surface area contributed by atoms with Crippen molar-refractivity contribution in [2.45, 2.75) is 11.5 Å². The van der Waals surface area contributed by atoms with Gasteiger partial charge in [-0.3, -0.25) is 0 Å². The quantitative estimate of drug-likeness (QED) is 0.301. The van der Waals surface area contributed by atoms with Crippen molar-refractivity contribution in [2.75, 3.05) is 11.8 Å². The summed E-state index contributed by atoms with van der Waals surface area (Å²) in [6.07, 6.45) is 0.0708. The number of nitrogens with one attached hydrogen (secondary N) is 1. The van der Waals surface area contributed by atoms with E-state index in [1.165, 1.54) is 24.9 Å². The highest BCUT2D eigenvalue weighted by Gasteiger charge is 2.35. The third-order valence-corrected chi connectivity index (χ3v) is 5.50. The van der Waals surface area contributed by atoms with Crippen LogP contribution in [0.5, 0.6) is 0 Å². The first-order valence-corrected chi connectivity index (χ1v) is 10.6. The van der Waals surface area contributed by atoms with Gasteiger partial charge in [0.05, 0.1) is 5.69 Å². The Morgan fingerprint density at radius 3 is 2.43 bits per heavy atom. The van der Waals surface area contributed by atoms with Crippen molar-refractivity contribution in [2.24, 2.45) is 0 Å². The van der Waals surface area contributed by atoms with Crippen molar-refractivity contribution in [3.63, 3.8) is 0 Å². The van der Waals surface area contributed by atoms with Crippen LogP contribution in [0.3, 0.4) is 0 Å². The molecule has 148 valence electrons. The van der Waals surface area contributed by atoms with Gasteiger partial charge in [-0.05, 0) is 29.3 Å². The number of hydrogen-bond acceptors (Lipinski definition) is 4. The summed E-state index contributed by atoms with van der Waals surface area (Å²) >= 11 is 4.83. The predicted octanol–water partition coefficient (Wildman–Crippen LogP) is 5.82. The topological polar surface area (TPSA) is 68.0 Å². The van der Waals surface area contributed by atoms with Gasteiger partial charge in [0.15, 0.2) is 7.29 Å². The van der Waals surface area contributed by atoms with Gasteiger partial charge >= 0.3 is 11.3 Å². The molecule has 0 aliphatic heterocycles. The average Bonchev–Trinajstić information content (AvgIpc) is 3.08. The van der Waals surface area contributed by atoms with E-state index in [1.807, 2.05) is 0 Å². The van der Waals surface area contributed by atoms with E-state index in [4.69, 9.17) is 11.6 Å². The van der Waals surface area contributed by atoms with Crippen LogP contribution in [-0.4, -0.2) is 16.8 Å². The molecule has 0 radical (unpaired) electrons. The number of benzene rings is 2. The van der Waals surface area contributed by atoms with Crippen LogP contribution in [0.1, 0.15) is 11.5 Å². The lowest BCUT2D eigenvalue weighted by Gasteiger charge is -2.17. The van der Waals surface area contributed by atoms with Crippen LogP contribution in [0, 0.1) is 11.6 Å². The highest BCUT2D eigenvalue weighted by Crippen LogP contribution is 2.45. The summed E-state index contributed by atoms with van der Waals surface area (Å²) in [5.74, 6) is -2.67. The molecule has 1 aromatic heterocycles. The zero-order valence-electron chi connectivity index (χ0n) is 14.3. The highest BCUT2D eigenvalue weighted by molar-refractivity contribution is 7.63. The summed E-state index contributed by atoms with van der Waals surface area (Å²) in [6, 6.07) is 9.20. The zero-order valence-corrected chi connectivity index (χ0v) is 15.9. The van der Waals surface area contributed by atoms with Crippen molar-refractivity contribution in [1.82, 2.24) is 10.1 Å². The van der Waals surface area contributed by atoms with E-state index in [1.54, 1.807) is 12.1 Å². The molecule has 2 aromatic carbocycles. The van der Waals surface area contributed by atoms with E-state index in [9.17, 15) is 22.1 Å². The number of hydrogen-bond donors (Lipinski definition) is 1. The Morgan fingerprint density at radius 2 is 1.86 bits per heavy atom. The monoisotopic (exact) mass is 433 g/mol. The number of alkyl halides is 3. The first-order chi connectivity index (χ1) is 13.0. The number of halogens is 5. The van der Waals surface area contributed by atoms with E-state index in [0.717, 1.165) is 6.07 Å². The molecular weight excluding hydrogens is 421 g/mol. The molecule has 0 saturated carbocycles. The first-order valence-electron chi connectivity index (χ1n) is 7.84. The summed E-state index contributed by atoms with van der Waals surface area (Å²) in [6.45, 7) is 1.43. The van der Waals surface area contributed by atoms with Crippen molar-refractivity contribution < 1.29 is 26.6 Å². The van der Waals surface area contributed by atoms with Crippen LogP contribution in [-0.2, 0) is 16.1 Å². The minimum absolute atomic E-state index is 0.0646. The van der Waals surface area contributed by atoms with Gasteiger partial charge in [-0.2, -0.15) is 13.8 Å². The highest BCUT2D eigenvalue weighted by atomic mass is 35.5. The minimum atomic E-state index is -3.76. The molecule has 5 nitrogen and oxygen atoms in total. The van der Waals surface area contributed by atoms with Crippen LogP contribution in [0.2, 0.25) is 0 Å². The second kappa shape index (κ2) is 7.56. The summed E-state index contributed by atoms with van der Waals surface area (Å²) in [7, 11) is -3.06. The number of rotatable bonds is 6. The van der Waals surface area contributed by atoms with E-state index in [0.29, 0.717) is 17.2 Å². The van der Waals surface area contributed by atoms with Gasteiger partial charge in [0.1, 0.15) is 11.6 Å². The van der Waals surface area contributed by atoms with Crippen LogP contribution in [0.4, 0.5) is 23.2 Å². The molecule has 3 aromatic rings. The van der Waals surface area contributed by atoms with Crippen molar-refractivity contribution in [3.8, 4) is 11.4 Å². The summed E-state index contributed by atoms with van der Waals surface area (Å²) in [4.78, 5) is 3.53. The van der Waals surface area contributed by atoms with E-state index >= 15 is 0 Å². The largest absolute Gasteiger partial charge is 0.400 e. The van der Waals surface area contributed by atoms with Crippen LogP contribution < -0.4 is 5.09 Å². The molecular formula is C17H13ClF4N3O2P.